The average Bonchev–Trinajstić information content (AvgIpc) is 3.64. The summed E-state index contributed by atoms with van der Waals surface area (Å²) in [6, 6.07) is 9.99. The van der Waals surface area contributed by atoms with Gasteiger partial charge in [0, 0.05) is 56.1 Å². The number of morpholine rings is 2. The number of hydrogen-bond donors (Lipinski definition) is 2. The van der Waals surface area contributed by atoms with Crippen LogP contribution in [0.1, 0.15) is 18.5 Å². The second-order valence-electron chi connectivity index (χ2n) is 8.48. The number of nitrogens with one attached hydrogen (secondary N) is 2. The third-order valence-corrected chi connectivity index (χ3v) is 5.90. The Balaban J connectivity index is 1.35. The van der Waals surface area contributed by atoms with Crippen molar-refractivity contribution < 1.29 is 14.3 Å². The molecule has 9 heteroatoms. The lowest BCUT2D eigenvalue weighted by Gasteiger charge is -2.29. The van der Waals surface area contributed by atoms with Gasteiger partial charge in [0.25, 0.3) is 0 Å². The number of rotatable bonds is 6. The van der Waals surface area contributed by atoms with Gasteiger partial charge in [0.05, 0.1) is 32.1 Å². The van der Waals surface area contributed by atoms with E-state index < -0.39 is 0 Å². The molecule has 1 aromatic carbocycles. The number of anilines is 2. The SMILES string of the molecule is O=C(Nc1ccc(-c2nc(CN3CCOCC3)cc(N3CCOCC3)n2)cc1)NC1CC1. The second-order valence-corrected chi connectivity index (χ2v) is 8.48. The molecule has 1 aliphatic carbocycles. The van der Waals surface area contributed by atoms with Gasteiger partial charge in [-0.2, -0.15) is 0 Å². The van der Waals surface area contributed by atoms with Gasteiger partial charge in [-0.15, -0.1) is 0 Å². The molecule has 5 rings (SSSR count). The van der Waals surface area contributed by atoms with E-state index >= 15 is 0 Å². The Bertz CT molecular complexity index is 922. The highest BCUT2D eigenvalue weighted by Gasteiger charge is 2.23. The number of nitrogens with zero attached hydrogens (tertiary/aromatic N) is 4. The number of amides is 2. The summed E-state index contributed by atoms with van der Waals surface area (Å²) < 4.78 is 11.0. The first-order chi connectivity index (χ1) is 15.7. The summed E-state index contributed by atoms with van der Waals surface area (Å²) in [5, 5.41) is 5.82. The standard InChI is InChI=1S/C23H30N6O3/c30-23(26-19-5-6-19)25-18-3-1-17(2-4-18)22-24-20(16-28-7-11-31-12-8-28)15-21(27-22)29-9-13-32-14-10-29/h1-4,15,19H,5-14,16H2,(H2,25,26,30). The van der Waals surface area contributed by atoms with Crippen molar-refractivity contribution in [2.24, 2.45) is 0 Å². The summed E-state index contributed by atoms with van der Waals surface area (Å²) in [7, 11) is 0. The Morgan fingerprint density at radius 2 is 1.66 bits per heavy atom. The fourth-order valence-corrected chi connectivity index (χ4v) is 3.92. The Hall–Kier alpha value is -2.75. The van der Waals surface area contributed by atoms with Gasteiger partial charge in [-0.1, -0.05) is 0 Å². The van der Waals surface area contributed by atoms with E-state index in [-0.39, 0.29) is 6.03 Å². The maximum Gasteiger partial charge on any atom is 0.319 e. The van der Waals surface area contributed by atoms with E-state index in [9.17, 15) is 4.79 Å². The summed E-state index contributed by atoms with van der Waals surface area (Å²) in [4.78, 5) is 26.4. The predicted octanol–water partition coefficient (Wildman–Crippen LogP) is 2.10. The topological polar surface area (TPSA) is 91.9 Å². The lowest BCUT2D eigenvalue weighted by atomic mass is 10.2. The Kier molecular flexibility index (Phi) is 6.47. The van der Waals surface area contributed by atoms with Crippen LogP contribution < -0.4 is 15.5 Å². The van der Waals surface area contributed by atoms with Crippen LogP contribution in [0.4, 0.5) is 16.3 Å². The number of urea groups is 1. The highest BCUT2D eigenvalue weighted by molar-refractivity contribution is 5.89. The van der Waals surface area contributed by atoms with E-state index in [1.807, 2.05) is 24.3 Å². The Morgan fingerprint density at radius 1 is 0.969 bits per heavy atom. The van der Waals surface area contributed by atoms with E-state index in [1.54, 1.807) is 0 Å². The van der Waals surface area contributed by atoms with Crippen molar-refractivity contribution in [1.29, 1.82) is 0 Å². The quantitative estimate of drug-likeness (QED) is 0.714. The first kappa shape index (κ1) is 21.1. The number of benzene rings is 1. The van der Waals surface area contributed by atoms with Crippen LogP contribution >= 0.6 is 0 Å². The zero-order valence-corrected chi connectivity index (χ0v) is 18.3. The van der Waals surface area contributed by atoms with Crippen molar-refractivity contribution in [3.63, 3.8) is 0 Å². The molecule has 0 bridgehead atoms. The fraction of sp³-hybridized carbons (Fsp3) is 0.522. The van der Waals surface area contributed by atoms with Crippen molar-refractivity contribution in [2.45, 2.75) is 25.4 Å². The minimum atomic E-state index is -0.154. The van der Waals surface area contributed by atoms with Crippen molar-refractivity contribution in [3.05, 3.63) is 36.0 Å². The van der Waals surface area contributed by atoms with Crippen LogP contribution in [0.3, 0.4) is 0 Å². The lowest BCUT2D eigenvalue weighted by molar-refractivity contribution is 0.0336. The number of carbonyl (C=O) groups is 1. The zero-order chi connectivity index (χ0) is 21.8. The van der Waals surface area contributed by atoms with E-state index in [4.69, 9.17) is 19.4 Å². The van der Waals surface area contributed by atoms with Gasteiger partial charge in [0.2, 0.25) is 0 Å². The molecule has 32 heavy (non-hydrogen) atoms. The van der Waals surface area contributed by atoms with Crippen molar-refractivity contribution >= 4 is 17.5 Å². The van der Waals surface area contributed by atoms with E-state index in [0.717, 1.165) is 81.5 Å². The molecule has 0 radical (unpaired) electrons. The largest absolute Gasteiger partial charge is 0.379 e. The molecule has 2 aromatic rings. The summed E-state index contributed by atoms with van der Waals surface area (Å²) in [5.41, 5.74) is 2.69. The molecule has 2 saturated heterocycles. The molecular formula is C23H30N6O3. The highest BCUT2D eigenvalue weighted by atomic mass is 16.5. The van der Waals surface area contributed by atoms with Crippen LogP contribution in [-0.2, 0) is 16.0 Å². The van der Waals surface area contributed by atoms with Gasteiger partial charge in [0.15, 0.2) is 5.82 Å². The molecule has 9 nitrogen and oxygen atoms in total. The molecule has 170 valence electrons. The summed E-state index contributed by atoms with van der Waals surface area (Å²) in [5.74, 6) is 1.64. The maximum absolute atomic E-state index is 12.0. The molecule has 2 amide bonds. The number of carbonyl (C=O) groups excluding carboxylic acids is 1. The summed E-state index contributed by atoms with van der Waals surface area (Å²) in [6.07, 6.45) is 2.13. The minimum absolute atomic E-state index is 0.154. The van der Waals surface area contributed by atoms with Gasteiger partial charge in [-0.25, -0.2) is 14.8 Å². The van der Waals surface area contributed by atoms with E-state index in [0.29, 0.717) is 25.1 Å². The predicted molar refractivity (Wildman–Crippen MR) is 122 cm³/mol. The zero-order valence-electron chi connectivity index (χ0n) is 18.3. The monoisotopic (exact) mass is 438 g/mol. The normalized spacial score (nSPS) is 19.6. The number of ether oxygens (including phenoxy) is 2. The van der Waals surface area contributed by atoms with Crippen molar-refractivity contribution in [3.8, 4) is 11.4 Å². The Labute approximate surface area is 188 Å². The van der Waals surface area contributed by atoms with Crippen molar-refractivity contribution in [1.82, 2.24) is 20.2 Å². The van der Waals surface area contributed by atoms with Crippen LogP contribution in [0.15, 0.2) is 30.3 Å². The van der Waals surface area contributed by atoms with Crippen LogP contribution in [-0.4, -0.2) is 79.5 Å². The molecule has 2 N–H and O–H groups in total. The minimum Gasteiger partial charge on any atom is -0.379 e. The Morgan fingerprint density at radius 3 is 2.34 bits per heavy atom. The van der Waals surface area contributed by atoms with Crippen LogP contribution in [0, 0.1) is 0 Å². The number of hydrogen-bond acceptors (Lipinski definition) is 7. The van der Waals surface area contributed by atoms with Gasteiger partial charge < -0.3 is 25.0 Å². The molecule has 3 aliphatic rings. The first-order valence-corrected chi connectivity index (χ1v) is 11.4. The second kappa shape index (κ2) is 9.81. The average molecular weight is 439 g/mol. The molecule has 1 aromatic heterocycles. The molecular weight excluding hydrogens is 408 g/mol. The molecule has 3 fully saturated rings. The van der Waals surface area contributed by atoms with Crippen LogP contribution in [0.5, 0.6) is 0 Å². The van der Waals surface area contributed by atoms with Gasteiger partial charge in [-0.3, -0.25) is 4.90 Å². The first-order valence-electron chi connectivity index (χ1n) is 11.4. The van der Waals surface area contributed by atoms with E-state index in [2.05, 4.69) is 26.5 Å². The smallest absolute Gasteiger partial charge is 0.319 e. The van der Waals surface area contributed by atoms with E-state index in [1.165, 1.54) is 0 Å². The van der Waals surface area contributed by atoms with Gasteiger partial charge >= 0.3 is 6.03 Å². The third kappa shape index (κ3) is 5.53. The van der Waals surface area contributed by atoms with Crippen LogP contribution in [0.2, 0.25) is 0 Å². The maximum atomic E-state index is 12.0. The molecule has 0 atom stereocenters. The fourth-order valence-electron chi connectivity index (χ4n) is 3.92. The highest BCUT2D eigenvalue weighted by Crippen LogP contribution is 2.24. The van der Waals surface area contributed by atoms with Crippen LogP contribution in [0.25, 0.3) is 11.4 Å². The molecule has 0 spiro atoms. The molecule has 2 aliphatic heterocycles. The van der Waals surface area contributed by atoms with Crippen molar-refractivity contribution in [2.75, 3.05) is 62.8 Å². The molecule has 3 heterocycles. The molecule has 0 unspecified atom stereocenters. The third-order valence-electron chi connectivity index (χ3n) is 5.90. The summed E-state index contributed by atoms with van der Waals surface area (Å²) >= 11 is 0. The number of aromatic nitrogens is 2. The molecule has 1 saturated carbocycles. The van der Waals surface area contributed by atoms with Gasteiger partial charge in [-0.05, 0) is 37.1 Å². The lowest BCUT2D eigenvalue weighted by Crippen LogP contribution is -2.37. The summed E-state index contributed by atoms with van der Waals surface area (Å²) in [6.45, 7) is 7.19. The van der Waals surface area contributed by atoms with Gasteiger partial charge in [0.1, 0.15) is 5.82 Å².